The first-order valence-corrected chi connectivity index (χ1v) is 8.32. The van der Waals surface area contributed by atoms with Gasteiger partial charge in [-0.2, -0.15) is 0 Å². The van der Waals surface area contributed by atoms with Gasteiger partial charge in [0.05, 0.1) is 23.5 Å². The van der Waals surface area contributed by atoms with Crippen LogP contribution < -0.4 is 10.1 Å². The number of oxazole rings is 1. The van der Waals surface area contributed by atoms with Crippen LogP contribution in [0.15, 0.2) is 59.1 Å². The molecule has 0 spiro atoms. The van der Waals surface area contributed by atoms with Gasteiger partial charge in [-0.15, -0.1) is 0 Å². The van der Waals surface area contributed by atoms with Gasteiger partial charge in [0.2, 0.25) is 0 Å². The van der Waals surface area contributed by atoms with Crippen molar-refractivity contribution < 1.29 is 13.9 Å². The number of benzene rings is 2. The SMILES string of the molecule is COc1ccc(-c2cnc(C(=O)Nc3nc4ccccc4s3)o2)cc1. The lowest BCUT2D eigenvalue weighted by atomic mass is 10.2. The molecule has 0 saturated heterocycles. The second-order valence-corrected chi connectivity index (χ2v) is 6.23. The van der Waals surface area contributed by atoms with Gasteiger partial charge in [-0.3, -0.25) is 10.1 Å². The molecule has 2 heterocycles. The highest BCUT2D eigenvalue weighted by atomic mass is 32.1. The second kappa shape index (κ2) is 6.37. The number of hydrogen-bond donors (Lipinski definition) is 1. The van der Waals surface area contributed by atoms with E-state index in [1.54, 1.807) is 7.11 Å². The lowest BCUT2D eigenvalue weighted by Gasteiger charge is -2.00. The highest BCUT2D eigenvalue weighted by Crippen LogP contribution is 2.27. The second-order valence-electron chi connectivity index (χ2n) is 5.20. The topological polar surface area (TPSA) is 77.2 Å². The van der Waals surface area contributed by atoms with Gasteiger partial charge in [-0.05, 0) is 36.4 Å². The van der Waals surface area contributed by atoms with E-state index in [1.165, 1.54) is 17.5 Å². The van der Waals surface area contributed by atoms with Crippen LogP contribution in [0.1, 0.15) is 10.7 Å². The molecule has 0 radical (unpaired) electrons. The number of ether oxygens (including phenoxy) is 1. The number of carbonyl (C=O) groups is 1. The maximum Gasteiger partial charge on any atom is 0.313 e. The molecular weight excluding hydrogens is 338 g/mol. The summed E-state index contributed by atoms with van der Waals surface area (Å²) in [6.45, 7) is 0. The quantitative estimate of drug-likeness (QED) is 0.596. The molecule has 124 valence electrons. The smallest absolute Gasteiger partial charge is 0.313 e. The average molecular weight is 351 g/mol. The zero-order valence-corrected chi connectivity index (χ0v) is 14.0. The fourth-order valence-electron chi connectivity index (χ4n) is 2.34. The summed E-state index contributed by atoms with van der Waals surface area (Å²) in [7, 11) is 1.61. The van der Waals surface area contributed by atoms with Gasteiger partial charge in [0.1, 0.15) is 5.75 Å². The molecule has 1 N–H and O–H groups in total. The van der Waals surface area contributed by atoms with Gasteiger partial charge in [0.15, 0.2) is 10.9 Å². The zero-order valence-electron chi connectivity index (χ0n) is 13.2. The van der Waals surface area contributed by atoms with Crippen LogP contribution in [0.4, 0.5) is 5.13 Å². The predicted molar refractivity (Wildman–Crippen MR) is 96.1 cm³/mol. The molecule has 0 aliphatic carbocycles. The molecule has 2 aromatic heterocycles. The summed E-state index contributed by atoms with van der Waals surface area (Å²) in [5.74, 6) is 0.818. The summed E-state index contributed by atoms with van der Waals surface area (Å²) in [6, 6.07) is 15.0. The maximum absolute atomic E-state index is 12.3. The maximum atomic E-state index is 12.3. The molecule has 6 nitrogen and oxygen atoms in total. The van der Waals surface area contributed by atoms with E-state index in [2.05, 4.69) is 15.3 Å². The van der Waals surface area contributed by atoms with Crippen LogP contribution in [0.25, 0.3) is 21.5 Å². The minimum absolute atomic E-state index is 0.00919. The first-order valence-electron chi connectivity index (χ1n) is 7.50. The van der Waals surface area contributed by atoms with Crippen molar-refractivity contribution in [3.63, 3.8) is 0 Å². The van der Waals surface area contributed by atoms with E-state index in [9.17, 15) is 4.79 Å². The van der Waals surface area contributed by atoms with Gasteiger partial charge in [-0.25, -0.2) is 9.97 Å². The normalized spacial score (nSPS) is 10.8. The summed E-state index contributed by atoms with van der Waals surface area (Å²) in [5.41, 5.74) is 1.65. The predicted octanol–water partition coefficient (Wildman–Crippen LogP) is 4.21. The number of rotatable bonds is 4. The third kappa shape index (κ3) is 3.09. The number of carbonyl (C=O) groups excluding carboxylic acids is 1. The van der Waals surface area contributed by atoms with E-state index in [4.69, 9.17) is 9.15 Å². The number of thiazole rings is 1. The fraction of sp³-hybridized carbons (Fsp3) is 0.0556. The van der Waals surface area contributed by atoms with E-state index in [1.807, 2.05) is 48.5 Å². The van der Waals surface area contributed by atoms with Crippen molar-refractivity contribution in [3.05, 3.63) is 60.6 Å². The first kappa shape index (κ1) is 15.3. The third-order valence-corrected chi connectivity index (χ3v) is 4.54. The van der Waals surface area contributed by atoms with Gasteiger partial charge >= 0.3 is 5.91 Å². The Hall–Kier alpha value is -3.19. The number of methoxy groups -OCH3 is 1. The fourth-order valence-corrected chi connectivity index (χ4v) is 3.20. The van der Waals surface area contributed by atoms with Crippen LogP contribution in [-0.2, 0) is 0 Å². The lowest BCUT2D eigenvalue weighted by Crippen LogP contribution is -2.11. The molecule has 0 aliphatic heterocycles. The Morgan fingerprint density at radius 2 is 1.96 bits per heavy atom. The Kier molecular flexibility index (Phi) is 3.91. The van der Waals surface area contributed by atoms with Crippen LogP contribution in [0.3, 0.4) is 0 Å². The lowest BCUT2D eigenvalue weighted by molar-refractivity contribution is 0.0991. The third-order valence-electron chi connectivity index (χ3n) is 3.59. The van der Waals surface area contributed by atoms with E-state index in [0.717, 1.165) is 21.5 Å². The van der Waals surface area contributed by atoms with Crippen molar-refractivity contribution in [2.24, 2.45) is 0 Å². The van der Waals surface area contributed by atoms with E-state index >= 15 is 0 Å². The Labute approximate surface area is 147 Å². The van der Waals surface area contributed by atoms with Crippen LogP contribution in [0, 0.1) is 0 Å². The summed E-state index contributed by atoms with van der Waals surface area (Å²) in [5, 5.41) is 3.23. The van der Waals surface area contributed by atoms with Gasteiger partial charge in [0.25, 0.3) is 5.89 Å². The molecule has 0 aliphatic rings. The Morgan fingerprint density at radius 1 is 1.16 bits per heavy atom. The number of anilines is 1. The van der Waals surface area contributed by atoms with Crippen molar-refractivity contribution in [2.45, 2.75) is 0 Å². The number of fused-ring (bicyclic) bond motifs is 1. The van der Waals surface area contributed by atoms with Crippen molar-refractivity contribution in [1.29, 1.82) is 0 Å². The summed E-state index contributed by atoms with van der Waals surface area (Å²) < 4.78 is 11.7. The van der Waals surface area contributed by atoms with Crippen molar-refractivity contribution >= 4 is 32.6 Å². The number of amides is 1. The van der Waals surface area contributed by atoms with Crippen LogP contribution in [0.2, 0.25) is 0 Å². The highest BCUT2D eigenvalue weighted by molar-refractivity contribution is 7.22. The molecule has 0 fully saturated rings. The number of para-hydroxylation sites is 1. The van der Waals surface area contributed by atoms with E-state index < -0.39 is 5.91 Å². The highest BCUT2D eigenvalue weighted by Gasteiger charge is 2.16. The molecule has 4 rings (SSSR count). The molecule has 0 atom stereocenters. The molecule has 25 heavy (non-hydrogen) atoms. The largest absolute Gasteiger partial charge is 0.497 e. The molecule has 0 bridgehead atoms. The monoisotopic (exact) mass is 351 g/mol. The molecule has 7 heteroatoms. The minimum atomic E-state index is -0.432. The molecular formula is C18H13N3O3S. The van der Waals surface area contributed by atoms with Gasteiger partial charge in [-0.1, -0.05) is 23.5 Å². The standard InChI is InChI=1S/C18H13N3O3S/c1-23-12-8-6-11(7-9-12)14-10-19-17(24-14)16(22)21-18-20-13-4-2-3-5-15(13)25-18/h2-10H,1H3,(H,20,21,22). The van der Waals surface area contributed by atoms with E-state index in [-0.39, 0.29) is 5.89 Å². The average Bonchev–Trinajstić information content (AvgIpc) is 3.28. The molecule has 4 aromatic rings. The Bertz CT molecular complexity index is 1000. The molecule has 2 aromatic carbocycles. The molecule has 0 saturated carbocycles. The van der Waals surface area contributed by atoms with Crippen molar-refractivity contribution in [1.82, 2.24) is 9.97 Å². The van der Waals surface area contributed by atoms with Crippen molar-refractivity contribution in [2.75, 3.05) is 12.4 Å². The Morgan fingerprint density at radius 3 is 2.72 bits per heavy atom. The van der Waals surface area contributed by atoms with E-state index in [0.29, 0.717) is 10.9 Å². The summed E-state index contributed by atoms with van der Waals surface area (Å²) in [4.78, 5) is 20.7. The zero-order chi connectivity index (χ0) is 17.2. The van der Waals surface area contributed by atoms with Gasteiger partial charge in [0, 0.05) is 5.56 Å². The van der Waals surface area contributed by atoms with Crippen molar-refractivity contribution in [3.8, 4) is 17.1 Å². The minimum Gasteiger partial charge on any atom is -0.497 e. The van der Waals surface area contributed by atoms with Crippen LogP contribution in [0.5, 0.6) is 5.75 Å². The number of aromatic nitrogens is 2. The number of hydrogen-bond acceptors (Lipinski definition) is 6. The first-order chi connectivity index (χ1) is 12.2. The van der Waals surface area contributed by atoms with Crippen LogP contribution >= 0.6 is 11.3 Å². The summed E-state index contributed by atoms with van der Waals surface area (Å²) >= 11 is 1.40. The Balaban J connectivity index is 1.53. The summed E-state index contributed by atoms with van der Waals surface area (Å²) in [6.07, 6.45) is 1.52. The number of nitrogens with one attached hydrogen (secondary N) is 1. The van der Waals surface area contributed by atoms with Crippen LogP contribution in [-0.4, -0.2) is 23.0 Å². The van der Waals surface area contributed by atoms with Gasteiger partial charge < -0.3 is 9.15 Å². The number of nitrogens with zero attached hydrogens (tertiary/aromatic N) is 2. The molecule has 1 amide bonds. The molecule has 0 unspecified atom stereocenters.